The lowest BCUT2D eigenvalue weighted by atomic mass is 10.1. The second-order valence-corrected chi connectivity index (χ2v) is 4.51. The van der Waals surface area contributed by atoms with Crippen LogP contribution in [0.25, 0.3) is 0 Å². The smallest absolute Gasteiger partial charge is 0.390 e. The van der Waals surface area contributed by atoms with E-state index < -0.39 is 18.8 Å². The van der Waals surface area contributed by atoms with E-state index in [2.05, 4.69) is 5.32 Å². The van der Waals surface area contributed by atoms with Gasteiger partial charge in [-0.3, -0.25) is 10.1 Å². The molecule has 1 fully saturated rings. The van der Waals surface area contributed by atoms with Gasteiger partial charge in [-0.05, 0) is 17.7 Å². The predicted molar refractivity (Wildman–Crippen MR) is 66.1 cm³/mol. The molecule has 110 valence electrons. The van der Waals surface area contributed by atoms with Crippen molar-refractivity contribution in [3.63, 3.8) is 0 Å². The lowest BCUT2D eigenvalue weighted by Crippen LogP contribution is -2.33. The molecule has 1 amide bonds. The first kappa shape index (κ1) is 14.6. The number of amides is 1. The number of rotatable bonds is 4. The summed E-state index contributed by atoms with van der Waals surface area (Å²) in [4.78, 5) is 12.9. The van der Waals surface area contributed by atoms with Gasteiger partial charge < -0.3 is 9.64 Å². The molecule has 1 aromatic carbocycles. The summed E-state index contributed by atoms with van der Waals surface area (Å²) in [5, 5.41) is 2.91. The van der Waals surface area contributed by atoms with Crippen molar-refractivity contribution in [3.8, 4) is 5.75 Å². The summed E-state index contributed by atoms with van der Waals surface area (Å²) in [6.45, 7) is -0.291. The molecule has 0 radical (unpaired) electrons. The van der Waals surface area contributed by atoms with E-state index in [0.717, 1.165) is 5.56 Å². The predicted octanol–water partition coefficient (Wildman–Crippen LogP) is 2.08. The van der Waals surface area contributed by atoms with E-state index in [1.165, 1.54) is 12.0 Å². The van der Waals surface area contributed by atoms with Crippen molar-refractivity contribution < 1.29 is 22.7 Å². The molecule has 1 heterocycles. The molecule has 1 aromatic rings. The molecule has 1 aliphatic heterocycles. The van der Waals surface area contributed by atoms with Crippen LogP contribution < -0.4 is 10.1 Å². The van der Waals surface area contributed by atoms with E-state index in [9.17, 15) is 18.0 Å². The highest BCUT2D eigenvalue weighted by molar-refractivity contribution is 5.80. The van der Waals surface area contributed by atoms with Crippen LogP contribution in [0.1, 0.15) is 18.2 Å². The number of carbonyl (C=O) groups is 1. The Bertz CT molecular complexity index is 473. The van der Waals surface area contributed by atoms with E-state index in [1.54, 1.807) is 24.3 Å². The SMILES string of the molecule is COc1ccc(C2NCC(=O)N2CCC(F)(F)F)cc1. The summed E-state index contributed by atoms with van der Waals surface area (Å²) >= 11 is 0. The fraction of sp³-hybridized carbons (Fsp3) is 0.462. The normalized spacial score (nSPS) is 19.5. The maximum atomic E-state index is 12.3. The second kappa shape index (κ2) is 5.70. The van der Waals surface area contributed by atoms with Crippen molar-refractivity contribution in [1.29, 1.82) is 0 Å². The van der Waals surface area contributed by atoms with E-state index in [4.69, 9.17) is 4.74 Å². The minimum atomic E-state index is -4.27. The summed E-state index contributed by atoms with van der Waals surface area (Å²) in [5.41, 5.74) is 0.735. The van der Waals surface area contributed by atoms with Gasteiger partial charge in [0.2, 0.25) is 5.91 Å². The standard InChI is InChI=1S/C13H15F3N2O2/c1-20-10-4-2-9(3-5-10)12-17-8-11(19)18(12)7-6-13(14,15)16/h2-5,12,17H,6-8H2,1H3. The molecule has 1 unspecified atom stereocenters. The number of nitrogens with zero attached hydrogens (tertiary/aromatic N) is 1. The monoisotopic (exact) mass is 288 g/mol. The van der Waals surface area contributed by atoms with Crippen LogP contribution in [0.2, 0.25) is 0 Å². The van der Waals surface area contributed by atoms with E-state index in [1.807, 2.05) is 0 Å². The Morgan fingerprint density at radius 1 is 1.35 bits per heavy atom. The number of ether oxygens (including phenoxy) is 1. The number of hydrogen-bond acceptors (Lipinski definition) is 3. The van der Waals surface area contributed by atoms with Crippen molar-refractivity contribution in [1.82, 2.24) is 10.2 Å². The maximum absolute atomic E-state index is 12.3. The van der Waals surface area contributed by atoms with Gasteiger partial charge in [0.05, 0.1) is 20.1 Å². The molecule has 1 atom stereocenters. The third-order valence-electron chi connectivity index (χ3n) is 3.15. The Kier molecular flexibility index (Phi) is 4.17. The van der Waals surface area contributed by atoms with Crippen LogP contribution in [0.3, 0.4) is 0 Å². The van der Waals surface area contributed by atoms with E-state index >= 15 is 0 Å². The van der Waals surface area contributed by atoms with Gasteiger partial charge in [-0.25, -0.2) is 0 Å². The maximum Gasteiger partial charge on any atom is 0.390 e. The zero-order valence-corrected chi connectivity index (χ0v) is 10.9. The lowest BCUT2D eigenvalue weighted by molar-refractivity contribution is -0.144. The highest BCUT2D eigenvalue weighted by Crippen LogP contribution is 2.27. The number of benzene rings is 1. The Morgan fingerprint density at radius 2 is 2.00 bits per heavy atom. The first-order valence-electron chi connectivity index (χ1n) is 6.14. The third kappa shape index (κ3) is 3.41. The number of halogens is 3. The van der Waals surface area contributed by atoms with Gasteiger partial charge in [0.25, 0.3) is 0 Å². The molecule has 0 aliphatic carbocycles. The van der Waals surface area contributed by atoms with Gasteiger partial charge in [-0.2, -0.15) is 13.2 Å². The number of alkyl halides is 3. The molecule has 0 saturated carbocycles. The highest BCUT2D eigenvalue weighted by Gasteiger charge is 2.35. The molecule has 7 heteroatoms. The number of methoxy groups -OCH3 is 1. The zero-order chi connectivity index (χ0) is 14.8. The van der Waals surface area contributed by atoms with Crippen LogP contribution in [-0.4, -0.2) is 37.2 Å². The fourth-order valence-corrected chi connectivity index (χ4v) is 2.12. The van der Waals surface area contributed by atoms with Gasteiger partial charge in [0.1, 0.15) is 11.9 Å². The first-order valence-corrected chi connectivity index (χ1v) is 6.14. The van der Waals surface area contributed by atoms with Crippen molar-refractivity contribution in [3.05, 3.63) is 29.8 Å². The molecule has 0 spiro atoms. The van der Waals surface area contributed by atoms with Gasteiger partial charge in [-0.15, -0.1) is 0 Å². The number of hydrogen-bond donors (Lipinski definition) is 1. The molecule has 1 saturated heterocycles. The third-order valence-corrected chi connectivity index (χ3v) is 3.15. The summed E-state index contributed by atoms with van der Waals surface area (Å²) < 4.78 is 41.9. The zero-order valence-electron chi connectivity index (χ0n) is 10.9. The summed E-state index contributed by atoms with van der Waals surface area (Å²) in [6.07, 6.45) is -5.80. The Morgan fingerprint density at radius 3 is 2.55 bits per heavy atom. The van der Waals surface area contributed by atoms with Crippen molar-refractivity contribution in [2.75, 3.05) is 20.2 Å². The van der Waals surface area contributed by atoms with Crippen LogP contribution in [0.5, 0.6) is 5.75 Å². The van der Waals surface area contributed by atoms with Gasteiger partial charge in [0, 0.05) is 6.54 Å². The number of carbonyl (C=O) groups excluding carboxylic acids is 1. The molecule has 1 aliphatic rings. The molecular weight excluding hydrogens is 273 g/mol. The minimum absolute atomic E-state index is 0.0502. The van der Waals surface area contributed by atoms with E-state index in [-0.39, 0.29) is 19.0 Å². The average molecular weight is 288 g/mol. The molecule has 0 aromatic heterocycles. The van der Waals surface area contributed by atoms with Crippen LogP contribution in [-0.2, 0) is 4.79 Å². The van der Waals surface area contributed by atoms with Crippen molar-refractivity contribution in [2.45, 2.75) is 18.8 Å². The first-order chi connectivity index (χ1) is 9.40. The molecule has 20 heavy (non-hydrogen) atoms. The van der Waals surface area contributed by atoms with Gasteiger partial charge in [-0.1, -0.05) is 12.1 Å². The number of nitrogens with one attached hydrogen (secondary N) is 1. The Balaban J connectivity index is 2.10. The average Bonchev–Trinajstić information content (AvgIpc) is 2.77. The van der Waals surface area contributed by atoms with Crippen LogP contribution in [0, 0.1) is 0 Å². The largest absolute Gasteiger partial charge is 0.497 e. The van der Waals surface area contributed by atoms with Crippen LogP contribution in [0.4, 0.5) is 13.2 Å². The van der Waals surface area contributed by atoms with E-state index in [0.29, 0.717) is 5.75 Å². The van der Waals surface area contributed by atoms with Crippen molar-refractivity contribution in [2.24, 2.45) is 0 Å². The molecule has 2 rings (SSSR count). The molecule has 4 nitrogen and oxygen atoms in total. The second-order valence-electron chi connectivity index (χ2n) is 4.51. The van der Waals surface area contributed by atoms with Crippen LogP contribution >= 0.6 is 0 Å². The van der Waals surface area contributed by atoms with Crippen LogP contribution in [0.15, 0.2) is 24.3 Å². The lowest BCUT2D eigenvalue weighted by Gasteiger charge is -2.25. The van der Waals surface area contributed by atoms with Crippen molar-refractivity contribution >= 4 is 5.91 Å². The quantitative estimate of drug-likeness (QED) is 0.922. The van der Waals surface area contributed by atoms with Gasteiger partial charge in [0.15, 0.2) is 0 Å². The van der Waals surface area contributed by atoms with Gasteiger partial charge >= 0.3 is 6.18 Å². The molecule has 1 N–H and O–H groups in total. The summed E-state index contributed by atoms with van der Waals surface area (Å²) in [7, 11) is 1.53. The molecule has 0 bridgehead atoms. The Labute approximate surface area is 114 Å². The Hall–Kier alpha value is -1.76. The fourth-order valence-electron chi connectivity index (χ4n) is 2.12. The topological polar surface area (TPSA) is 41.6 Å². The summed E-state index contributed by atoms with van der Waals surface area (Å²) in [6, 6.07) is 6.88. The summed E-state index contributed by atoms with van der Waals surface area (Å²) in [5.74, 6) is 0.329. The molecular formula is C13H15F3N2O2. The minimum Gasteiger partial charge on any atom is -0.497 e. The highest BCUT2D eigenvalue weighted by atomic mass is 19.4.